The maximum atomic E-state index is 9.79. The highest BCUT2D eigenvalue weighted by Gasteiger charge is 2.32. The average molecular weight is 340 g/mol. The van der Waals surface area contributed by atoms with Crippen LogP contribution in [0.2, 0.25) is 0 Å². The number of hydrogen-bond acceptors (Lipinski definition) is 4. The van der Waals surface area contributed by atoms with E-state index < -0.39 is 0 Å². The van der Waals surface area contributed by atoms with Crippen molar-refractivity contribution in [3.63, 3.8) is 0 Å². The summed E-state index contributed by atoms with van der Waals surface area (Å²) in [6.07, 6.45) is 2.79. The Balaban J connectivity index is 1.94. The van der Waals surface area contributed by atoms with Gasteiger partial charge in [0, 0.05) is 43.6 Å². The van der Waals surface area contributed by atoms with E-state index >= 15 is 0 Å². The first-order valence-corrected chi connectivity index (χ1v) is 9.27. The van der Waals surface area contributed by atoms with Crippen molar-refractivity contribution in [2.75, 3.05) is 46.5 Å². The van der Waals surface area contributed by atoms with Crippen molar-refractivity contribution in [3.8, 4) is 0 Å². The second-order valence-corrected chi connectivity index (χ2v) is 7.22. The summed E-state index contributed by atoms with van der Waals surface area (Å²) in [6.45, 7) is 6.14. The van der Waals surface area contributed by atoms with Crippen LogP contribution in [0.15, 0.2) is 22.5 Å². The number of aliphatic imine (C=N–C) groups is 1. The molecule has 0 amide bonds. The molecule has 130 valence electrons. The first kappa shape index (κ1) is 18.2. The van der Waals surface area contributed by atoms with E-state index in [4.69, 9.17) is 9.73 Å². The fraction of sp³-hybridized carbons (Fsp3) is 0.706. The number of likely N-dealkylation sites (N-methyl/N-ethyl adjacent to an activating group) is 1. The molecular weight excluding hydrogens is 310 g/mol. The van der Waals surface area contributed by atoms with E-state index in [1.54, 1.807) is 11.3 Å². The van der Waals surface area contributed by atoms with Crippen LogP contribution in [0.25, 0.3) is 0 Å². The van der Waals surface area contributed by atoms with Gasteiger partial charge in [0.25, 0.3) is 0 Å². The molecule has 0 aromatic carbocycles. The van der Waals surface area contributed by atoms with Crippen molar-refractivity contribution in [1.29, 1.82) is 0 Å². The summed E-state index contributed by atoms with van der Waals surface area (Å²) in [4.78, 5) is 8.37. The van der Waals surface area contributed by atoms with Crippen molar-refractivity contribution in [3.05, 3.63) is 22.4 Å². The summed E-state index contributed by atoms with van der Waals surface area (Å²) in [7, 11) is 2.07. The number of thiophene rings is 1. The Labute approximate surface area is 143 Å². The number of ether oxygens (including phenoxy) is 1. The SMILES string of the molecule is CCNC(=NCC1(CO)CCOCC1)N(C)CCc1cccs1. The van der Waals surface area contributed by atoms with Crippen LogP contribution in [0, 0.1) is 5.41 Å². The summed E-state index contributed by atoms with van der Waals surface area (Å²) in [5, 5.41) is 15.3. The lowest BCUT2D eigenvalue weighted by atomic mass is 9.81. The summed E-state index contributed by atoms with van der Waals surface area (Å²) >= 11 is 1.80. The van der Waals surface area contributed by atoms with Gasteiger partial charge in [-0.15, -0.1) is 11.3 Å². The molecule has 6 heteroatoms. The number of aliphatic hydroxyl groups excluding tert-OH is 1. The second-order valence-electron chi connectivity index (χ2n) is 6.19. The van der Waals surface area contributed by atoms with Gasteiger partial charge in [-0.25, -0.2) is 0 Å². The van der Waals surface area contributed by atoms with Crippen LogP contribution in [0.5, 0.6) is 0 Å². The summed E-state index contributed by atoms with van der Waals surface area (Å²) in [6, 6.07) is 4.26. The monoisotopic (exact) mass is 339 g/mol. The third kappa shape index (κ3) is 5.48. The summed E-state index contributed by atoms with van der Waals surface area (Å²) in [5.41, 5.74) is -0.118. The van der Waals surface area contributed by atoms with Crippen molar-refractivity contribution < 1.29 is 9.84 Å². The van der Waals surface area contributed by atoms with Gasteiger partial charge in [0.1, 0.15) is 0 Å². The molecule has 0 bridgehead atoms. The van der Waals surface area contributed by atoms with Crippen LogP contribution in [0.3, 0.4) is 0 Å². The van der Waals surface area contributed by atoms with Crippen molar-refractivity contribution >= 4 is 17.3 Å². The number of hydrogen-bond donors (Lipinski definition) is 2. The fourth-order valence-electron chi connectivity index (χ4n) is 2.72. The molecule has 5 nitrogen and oxygen atoms in total. The Morgan fingerprint density at radius 3 is 2.87 bits per heavy atom. The molecule has 1 saturated heterocycles. The maximum Gasteiger partial charge on any atom is 0.193 e. The molecule has 23 heavy (non-hydrogen) atoms. The van der Waals surface area contributed by atoms with Crippen LogP contribution >= 0.6 is 11.3 Å². The van der Waals surface area contributed by atoms with E-state index in [-0.39, 0.29) is 12.0 Å². The molecular formula is C17H29N3O2S. The molecule has 1 aliphatic rings. The molecule has 2 heterocycles. The van der Waals surface area contributed by atoms with Crippen molar-refractivity contribution in [1.82, 2.24) is 10.2 Å². The van der Waals surface area contributed by atoms with Crippen molar-refractivity contribution in [2.24, 2.45) is 10.4 Å². The van der Waals surface area contributed by atoms with Gasteiger partial charge < -0.3 is 20.1 Å². The lowest BCUT2D eigenvalue weighted by Crippen LogP contribution is -2.42. The highest BCUT2D eigenvalue weighted by molar-refractivity contribution is 7.09. The molecule has 0 aliphatic carbocycles. The second kappa shape index (κ2) is 9.25. The minimum absolute atomic E-state index is 0.118. The third-order valence-electron chi connectivity index (χ3n) is 4.42. The van der Waals surface area contributed by atoms with Gasteiger partial charge in [0.05, 0.1) is 13.2 Å². The largest absolute Gasteiger partial charge is 0.396 e. The number of aliphatic hydroxyl groups is 1. The van der Waals surface area contributed by atoms with Crippen LogP contribution in [-0.2, 0) is 11.2 Å². The Morgan fingerprint density at radius 2 is 2.26 bits per heavy atom. The maximum absolute atomic E-state index is 9.79. The van der Waals surface area contributed by atoms with E-state index in [2.05, 4.69) is 41.7 Å². The van der Waals surface area contributed by atoms with Crippen LogP contribution in [0.1, 0.15) is 24.6 Å². The number of rotatable bonds is 7. The van der Waals surface area contributed by atoms with Crippen LogP contribution in [-0.4, -0.2) is 62.5 Å². The molecule has 0 atom stereocenters. The molecule has 0 saturated carbocycles. The molecule has 1 aromatic heterocycles. The lowest BCUT2D eigenvalue weighted by molar-refractivity contribution is -0.0107. The normalized spacial score (nSPS) is 18.0. The quantitative estimate of drug-likeness (QED) is 0.589. The highest BCUT2D eigenvalue weighted by Crippen LogP contribution is 2.30. The summed E-state index contributed by atoms with van der Waals surface area (Å²) in [5.74, 6) is 0.920. The van der Waals surface area contributed by atoms with Gasteiger partial charge in [-0.3, -0.25) is 4.99 Å². The average Bonchev–Trinajstić information content (AvgIpc) is 3.11. The Morgan fingerprint density at radius 1 is 1.48 bits per heavy atom. The van der Waals surface area contributed by atoms with Gasteiger partial charge in [-0.1, -0.05) is 6.07 Å². The lowest BCUT2D eigenvalue weighted by Gasteiger charge is -2.34. The smallest absolute Gasteiger partial charge is 0.193 e. The standard InChI is InChI=1S/C17H29N3O2S/c1-3-18-16(20(2)9-6-15-5-4-12-23-15)19-13-17(14-21)7-10-22-11-8-17/h4-5,12,21H,3,6-11,13-14H2,1-2H3,(H,18,19). The van der Waals surface area contributed by atoms with Crippen LogP contribution in [0.4, 0.5) is 0 Å². The molecule has 0 radical (unpaired) electrons. The van der Waals surface area contributed by atoms with Crippen molar-refractivity contribution in [2.45, 2.75) is 26.2 Å². The zero-order valence-electron chi connectivity index (χ0n) is 14.3. The predicted octanol–water partition coefficient (Wildman–Crippen LogP) is 1.98. The van der Waals surface area contributed by atoms with E-state index in [1.807, 2.05) is 0 Å². The molecule has 1 aliphatic heterocycles. The number of nitrogens with zero attached hydrogens (tertiary/aromatic N) is 2. The third-order valence-corrected chi connectivity index (χ3v) is 5.36. The molecule has 1 aromatic rings. The van der Waals surface area contributed by atoms with E-state index in [9.17, 15) is 5.11 Å². The van der Waals surface area contributed by atoms with Gasteiger partial charge in [-0.05, 0) is 37.6 Å². The van der Waals surface area contributed by atoms with Gasteiger partial charge in [0.15, 0.2) is 5.96 Å². The van der Waals surface area contributed by atoms with E-state index in [0.717, 1.165) is 51.5 Å². The van der Waals surface area contributed by atoms with Crippen LogP contribution < -0.4 is 5.32 Å². The van der Waals surface area contributed by atoms with E-state index in [1.165, 1.54) is 4.88 Å². The predicted molar refractivity (Wildman–Crippen MR) is 96.2 cm³/mol. The zero-order chi connectivity index (χ0) is 16.5. The molecule has 0 spiro atoms. The minimum atomic E-state index is -0.118. The highest BCUT2D eigenvalue weighted by atomic mass is 32.1. The van der Waals surface area contributed by atoms with Gasteiger partial charge >= 0.3 is 0 Å². The Hall–Kier alpha value is -1.11. The minimum Gasteiger partial charge on any atom is -0.396 e. The first-order chi connectivity index (χ1) is 11.2. The molecule has 2 N–H and O–H groups in total. The van der Waals surface area contributed by atoms with Gasteiger partial charge in [0.2, 0.25) is 0 Å². The van der Waals surface area contributed by atoms with E-state index in [0.29, 0.717) is 6.54 Å². The molecule has 1 fully saturated rings. The van der Waals surface area contributed by atoms with Gasteiger partial charge in [-0.2, -0.15) is 0 Å². The molecule has 2 rings (SSSR count). The Kier molecular flexibility index (Phi) is 7.33. The Bertz CT molecular complexity index is 470. The topological polar surface area (TPSA) is 57.1 Å². The zero-order valence-corrected chi connectivity index (χ0v) is 15.1. The fourth-order valence-corrected chi connectivity index (χ4v) is 3.42. The first-order valence-electron chi connectivity index (χ1n) is 8.39. The summed E-state index contributed by atoms with van der Waals surface area (Å²) < 4.78 is 5.42. The molecule has 0 unspecified atom stereocenters. The number of guanidine groups is 1. The number of nitrogens with one attached hydrogen (secondary N) is 1.